The van der Waals surface area contributed by atoms with E-state index in [1.54, 1.807) is 0 Å². The average molecular weight is 385 g/mol. The molecule has 0 saturated heterocycles. The highest BCUT2D eigenvalue weighted by molar-refractivity contribution is 5.92. The van der Waals surface area contributed by atoms with Gasteiger partial charge in [0.1, 0.15) is 12.4 Å². The van der Waals surface area contributed by atoms with Gasteiger partial charge in [0.15, 0.2) is 13.1 Å². The standard InChI is InChI=1S/C22H29N3O3/c1-16-7-5-9-19(13-16)28-12-11-23-21(26)14-25(4)15-22(27)24-20-10-6-8-17(2)18(20)3/h5-10,13H,11-12,14-15H2,1-4H3,(H,23,26)(H,24,27)/p+1. The smallest absolute Gasteiger partial charge is 0.279 e. The number of anilines is 1. The van der Waals surface area contributed by atoms with E-state index in [9.17, 15) is 9.59 Å². The number of benzene rings is 2. The van der Waals surface area contributed by atoms with Crippen molar-refractivity contribution in [3.05, 3.63) is 59.2 Å². The lowest BCUT2D eigenvalue weighted by Crippen LogP contribution is -3.11. The fourth-order valence-electron chi connectivity index (χ4n) is 2.82. The minimum Gasteiger partial charge on any atom is -0.492 e. The van der Waals surface area contributed by atoms with Gasteiger partial charge >= 0.3 is 0 Å². The van der Waals surface area contributed by atoms with E-state index < -0.39 is 0 Å². The van der Waals surface area contributed by atoms with Crippen molar-refractivity contribution in [2.75, 3.05) is 38.6 Å². The van der Waals surface area contributed by atoms with Crippen LogP contribution in [0.15, 0.2) is 42.5 Å². The molecular weight excluding hydrogens is 354 g/mol. The number of nitrogens with one attached hydrogen (secondary N) is 3. The molecule has 0 aliphatic rings. The number of likely N-dealkylation sites (N-methyl/N-ethyl adjacent to an activating group) is 1. The van der Waals surface area contributed by atoms with Gasteiger partial charge in [-0.05, 0) is 55.7 Å². The third-order valence-electron chi connectivity index (χ3n) is 4.49. The van der Waals surface area contributed by atoms with Crippen LogP contribution < -0.4 is 20.3 Å². The molecule has 6 heteroatoms. The van der Waals surface area contributed by atoms with Crippen LogP contribution in [0.5, 0.6) is 5.75 Å². The van der Waals surface area contributed by atoms with Gasteiger partial charge in [0, 0.05) is 5.69 Å². The summed E-state index contributed by atoms with van der Waals surface area (Å²) in [6, 6.07) is 13.6. The molecule has 0 aliphatic carbocycles. The summed E-state index contributed by atoms with van der Waals surface area (Å²) in [5, 5.41) is 5.74. The molecule has 0 heterocycles. The fraction of sp³-hybridized carbons (Fsp3) is 0.364. The quantitative estimate of drug-likeness (QED) is 0.570. The molecule has 0 fully saturated rings. The Bertz CT molecular complexity index is 820. The first kappa shape index (κ1) is 21.4. The summed E-state index contributed by atoms with van der Waals surface area (Å²) < 4.78 is 5.61. The Morgan fingerprint density at radius 1 is 1.00 bits per heavy atom. The van der Waals surface area contributed by atoms with Crippen LogP contribution >= 0.6 is 0 Å². The number of carbonyl (C=O) groups is 2. The van der Waals surface area contributed by atoms with E-state index in [-0.39, 0.29) is 24.9 Å². The molecule has 2 amide bonds. The van der Waals surface area contributed by atoms with E-state index >= 15 is 0 Å². The van der Waals surface area contributed by atoms with Crippen LogP contribution in [-0.4, -0.2) is 45.1 Å². The van der Waals surface area contributed by atoms with Gasteiger partial charge in [0.05, 0.1) is 13.6 Å². The largest absolute Gasteiger partial charge is 0.492 e. The summed E-state index contributed by atoms with van der Waals surface area (Å²) in [6.07, 6.45) is 0. The predicted molar refractivity (Wildman–Crippen MR) is 111 cm³/mol. The Morgan fingerprint density at radius 2 is 1.71 bits per heavy atom. The first-order valence-electron chi connectivity index (χ1n) is 9.48. The van der Waals surface area contributed by atoms with E-state index in [4.69, 9.17) is 4.74 Å². The zero-order valence-corrected chi connectivity index (χ0v) is 17.1. The maximum absolute atomic E-state index is 12.2. The fourth-order valence-corrected chi connectivity index (χ4v) is 2.82. The highest BCUT2D eigenvalue weighted by atomic mass is 16.5. The van der Waals surface area contributed by atoms with Crippen LogP contribution in [-0.2, 0) is 9.59 Å². The van der Waals surface area contributed by atoms with Gasteiger partial charge in [-0.25, -0.2) is 0 Å². The molecule has 0 saturated carbocycles. The molecule has 0 bridgehead atoms. The van der Waals surface area contributed by atoms with Gasteiger partial charge in [-0.1, -0.05) is 24.3 Å². The number of aryl methyl sites for hydroxylation is 2. The minimum absolute atomic E-state index is 0.107. The predicted octanol–water partition coefficient (Wildman–Crippen LogP) is 1.26. The molecule has 2 aromatic carbocycles. The first-order valence-corrected chi connectivity index (χ1v) is 9.48. The van der Waals surface area contributed by atoms with Crippen molar-refractivity contribution in [3.8, 4) is 5.75 Å². The van der Waals surface area contributed by atoms with Crippen molar-refractivity contribution < 1.29 is 19.2 Å². The lowest BCUT2D eigenvalue weighted by atomic mass is 10.1. The van der Waals surface area contributed by atoms with Crippen molar-refractivity contribution in [3.63, 3.8) is 0 Å². The molecule has 6 nitrogen and oxygen atoms in total. The summed E-state index contributed by atoms with van der Waals surface area (Å²) >= 11 is 0. The van der Waals surface area contributed by atoms with Gasteiger partial charge in [0.2, 0.25) is 0 Å². The van der Waals surface area contributed by atoms with Crippen LogP contribution in [0.2, 0.25) is 0 Å². The Balaban J connectivity index is 1.67. The third-order valence-corrected chi connectivity index (χ3v) is 4.49. The number of carbonyl (C=O) groups excluding carboxylic acids is 2. The number of rotatable bonds is 9. The number of quaternary nitrogens is 1. The summed E-state index contributed by atoms with van der Waals surface area (Å²) in [6.45, 7) is 7.27. The Hall–Kier alpha value is -2.86. The summed E-state index contributed by atoms with van der Waals surface area (Å²) in [7, 11) is 1.82. The second-order valence-corrected chi connectivity index (χ2v) is 7.12. The van der Waals surface area contributed by atoms with Crippen LogP contribution in [0.25, 0.3) is 0 Å². The molecule has 1 atom stereocenters. The number of hydrogen-bond acceptors (Lipinski definition) is 3. The first-order chi connectivity index (χ1) is 13.3. The molecule has 0 spiro atoms. The minimum atomic E-state index is -0.109. The Kier molecular flexibility index (Phi) is 8.02. The maximum atomic E-state index is 12.2. The molecule has 0 radical (unpaired) electrons. The van der Waals surface area contributed by atoms with Gasteiger partial charge < -0.3 is 20.3 Å². The van der Waals surface area contributed by atoms with E-state index in [1.807, 2.05) is 70.3 Å². The van der Waals surface area contributed by atoms with Crippen molar-refractivity contribution in [1.82, 2.24) is 5.32 Å². The summed E-state index contributed by atoms with van der Waals surface area (Å²) in [4.78, 5) is 25.1. The molecule has 1 unspecified atom stereocenters. The topological polar surface area (TPSA) is 71.9 Å². The summed E-state index contributed by atoms with van der Waals surface area (Å²) in [5.74, 6) is 0.576. The lowest BCUT2D eigenvalue weighted by Gasteiger charge is -2.15. The normalized spacial score (nSPS) is 11.6. The number of amides is 2. The van der Waals surface area contributed by atoms with Gasteiger partial charge in [-0.2, -0.15) is 0 Å². The molecule has 2 aromatic rings. The molecule has 28 heavy (non-hydrogen) atoms. The molecule has 150 valence electrons. The molecule has 2 rings (SSSR count). The van der Waals surface area contributed by atoms with E-state index in [0.717, 1.165) is 33.0 Å². The van der Waals surface area contributed by atoms with Gasteiger partial charge in [-0.15, -0.1) is 0 Å². The van der Waals surface area contributed by atoms with Gasteiger partial charge in [-0.3, -0.25) is 9.59 Å². The molecule has 3 N–H and O–H groups in total. The average Bonchev–Trinajstić information content (AvgIpc) is 2.62. The van der Waals surface area contributed by atoms with E-state index in [0.29, 0.717) is 13.2 Å². The van der Waals surface area contributed by atoms with Crippen molar-refractivity contribution in [2.24, 2.45) is 0 Å². The molecular formula is C22H30N3O3+. The Labute approximate surface area is 166 Å². The third kappa shape index (κ3) is 7.04. The van der Waals surface area contributed by atoms with Crippen LogP contribution in [0.4, 0.5) is 5.69 Å². The van der Waals surface area contributed by atoms with Crippen molar-refractivity contribution in [1.29, 1.82) is 0 Å². The Morgan fingerprint density at radius 3 is 2.46 bits per heavy atom. The van der Waals surface area contributed by atoms with Gasteiger partial charge in [0.25, 0.3) is 11.8 Å². The summed E-state index contributed by atoms with van der Waals surface area (Å²) in [5.41, 5.74) is 4.13. The van der Waals surface area contributed by atoms with Crippen LogP contribution in [0.3, 0.4) is 0 Å². The van der Waals surface area contributed by atoms with Crippen LogP contribution in [0, 0.1) is 20.8 Å². The molecule has 0 aromatic heterocycles. The maximum Gasteiger partial charge on any atom is 0.279 e. The number of hydrogen-bond donors (Lipinski definition) is 3. The SMILES string of the molecule is Cc1cccc(OCCNC(=O)C[NH+](C)CC(=O)Nc2cccc(C)c2C)c1. The number of ether oxygens (including phenoxy) is 1. The zero-order valence-electron chi connectivity index (χ0n) is 17.1. The van der Waals surface area contributed by atoms with E-state index in [1.165, 1.54) is 0 Å². The van der Waals surface area contributed by atoms with Crippen molar-refractivity contribution in [2.45, 2.75) is 20.8 Å². The van der Waals surface area contributed by atoms with Crippen LogP contribution in [0.1, 0.15) is 16.7 Å². The highest BCUT2D eigenvalue weighted by Crippen LogP contribution is 2.17. The second kappa shape index (κ2) is 10.5. The van der Waals surface area contributed by atoms with E-state index in [2.05, 4.69) is 10.6 Å². The lowest BCUT2D eigenvalue weighted by molar-refractivity contribution is -0.862. The highest BCUT2D eigenvalue weighted by Gasteiger charge is 2.15. The monoisotopic (exact) mass is 384 g/mol. The zero-order chi connectivity index (χ0) is 20.5. The molecule has 0 aliphatic heterocycles. The second-order valence-electron chi connectivity index (χ2n) is 7.12. The van der Waals surface area contributed by atoms with Crippen molar-refractivity contribution >= 4 is 17.5 Å².